The maximum Gasteiger partial charge on any atom is 0.159 e. The van der Waals surface area contributed by atoms with Crippen LogP contribution in [0.1, 0.15) is 19.4 Å². The minimum atomic E-state index is 0.581. The molecule has 0 bridgehead atoms. The Bertz CT molecular complexity index is 578. The second-order valence-corrected chi connectivity index (χ2v) is 4.63. The van der Waals surface area contributed by atoms with E-state index in [1.54, 1.807) is 6.33 Å². The van der Waals surface area contributed by atoms with Gasteiger partial charge in [-0.05, 0) is 38.5 Å². The molecule has 0 amide bonds. The number of nitrogens with zero attached hydrogens (tertiary/aromatic N) is 3. The first kappa shape index (κ1) is 14.1. The minimum absolute atomic E-state index is 0.581. The lowest BCUT2D eigenvalue weighted by molar-refractivity contribution is 0.844. The molecule has 3 N–H and O–H groups in total. The summed E-state index contributed by atoms with van der Waals surface area (Å²) in [5.74, 6) is 1.42. The minimum Gasteiger partial charge on any atom is -0.393 e. The standard InChI is InChI=1S/C15H21N5/c1-4-20(5-2)15-13(16)14(17-10-18-15)19-12-8-6-7-11(3)9-12/h6-10H,4-5,16H2,1-3H3,(H,17,18,19). The van der Waals surface area contributed by atoms with E-state index in [2.05, 4.69) is 53.1 Å². The van der Waals surface area contributed by atoms with Gasteiger partial charge >= 0.3 is 0 Å². The number of hydrogen-bond acceptors (Lipinski definition) is 5. The Balaban J connectivity index is 2.31. The Morgan fingerprint density at radius 1 is 1.20 bits per heavy atom. The van der Waals surface area contributed by atoms with E-state index >= 15 is 0 Å². The van der Waals surface area contributed by atoms with Crippen LogP contribution in [0.3, 0.4) is 0 Å². The zero-order valence-corrected chi connectivity index (χ0v) is 12.2. The summed E-state index contributed by atoms with van der Waals surface area (Å²) in [6.45, 7) is 7.94. The second kappa shape index (κ2) is 6.23. The van der Waals surface area contributed by atoms with Gasteiger partial charge in [0, 0.05) is 18.8 Å². The van der Waals surface area contributed by atoms with Crippen LogP contribution < -0.4 is 16.0 Å². The highest BCUT2D eigenvalue weighted by atomic mass is 15.2. The van der Waals surface area contributed by atoms with Gasteiger partial charge in [0.1, 0.15) is 12.0 Å². The van der Waals surface area contributed by atoms with E-state index in [-0.39, 0.29) is 0 Å². The number of anilines is 4. The van der Waals surface area contributed by atoms with E-state index < -0.39 is 0 Å². The third-order valence-corrected chi connectivity index (χ3v) is 3.21. The van der Waals surface area contributed by atoms with Crippen LogP contribution in [-0.4, -0.2) is 23.1 Å². The molecule has 1 heterocycles. The van der Waals surface area contributed by atoms with Gasteiger partial charge in [0.15, 0.2) is 11.6 Å². The molecule has 2 rings (SSSR count). The Morgan fingerprint density at radius 2 is 1.95 bits per heavy atom. The number of hydrogen-bond donors (Lipinski definition) is 2. The van der Waals surface area contributed by atoms with Crippen LogP contribution in [-0.2, 0) is 0 Å². The van der Waals surface area contributed by atoms with Crippen LogP contribution in [0.25, 0.3) is 0 Å². The van der Waals surface area contributed by atoms with Crippen molar-refractivity contribution in [3.8, 4) is 0 Å². The van der Waals surface area contributed by atoms with E-state index in [9.17, 15) is 0 Å². The zero-order valence-electron chi connectivity index (χ0n) is 12.2. The smallest absolute Gasteiger partial charge is 0.159 e. The molecule has 20 heavy (non-hydrogen) atoms. The van der Waals surface area contributed by atoms with Gasteiger partial charge in [-0.25, -0.2) is 9.97 Å². The lowest BCUT2D eigenvalue weighted by Crippen LogP contribution is -2.24. The van der Waals surface area contributed by atoms with E-state index in [0.717, 1.165) is 24.6 Å². The Hall–Kier alpha value is -2.30. The van der Waals surface area contributed by atoms with Crippen molar-refractivity contribution in [1.82, 2.24) is 9.97 Å². The molecule has 1 aromatic carbocycles. The molecular formula is C15H21N5. The van der Waals surface area contributed by atoms with Crippen molar-refractivity contribution in [2.45, 2.75) is 20.8 Å². The van der Waals surface area contributed by atoms with Gasteiger partial charge in [-0.2, -0.15) is 0 Å². The third-order valence-electron chi connectivity index (χ3n) is 3.21. The molecule has 0 saturated carbocycles. The fourth-order valence-corrected chi connectivity index (χ4v) is 2.12. The summed E-state index contributed by atoms with van der Waals surface area (Å²) in [4.78, 5) is 10.6. The van der Waals surface area contributed by atoms with Crippen LogP contribution in [0.15, 0.2) is 30.6 Å². The molecule has 5 heteroatoms. The van der Waals surface area contributed by atoms with Crippen molar-refractivity contribution in [3.63, 3.8) is 0 Å². The highest BCUT2D eigenvalue weighted by Crippen LogP contribution is 2.28. The molecule has 2 aromatic rings. The predicted molar refractivity (Wildman–Crippen MR) is 84.5 cm³/mol. The van der Waals surface area contributed by atoms with Crippen molar-refractivity contribution in [3.05, 3.63) is 36.2 Å². The number of nitrogens with one attached hydrogen (secondary N) is 1. The van der Waals surface area contributed by atoms with E-state index in [0.29, 0.717) is 11.5 Å². The van der Waals surface area contributed by atoms with Gasteiger partial charge in [-0.15, -0.1) is 0 Å². The van der Waals surface area contributed by atoms with E-state index in [4.69, 9.17) is 5.73 Å². The first-order valence-electron chi connectivity index (χ1n) is 6.84. The summed E-state index contributed by atoms with van der Waals surface area (Å²) >= 11 is 0. The first-order valence-corrected chi connectivity index (χ1v) is 6.84. The van der Waals surface area contributed by atoms with Crippen molar-refractivity contribution < 1.29 is 0 Å². The number of aryl methyl sites for hydroxylation is 1. The third kappa shape index (κ3) is 2.99. The second-order valence-electron chi connectivity index (χ2n) is 4.63. The summed E-state index contributed by atoms with van der Waals surface area (Å²) < 4.78 is 0. The molecule has 0 fully saturated rings. The molecule has 5 nitrogen and oxygen atoms in total. The van der Waals surface area contributed by atoms with Crippen molar-refractivity contribution in [2.75, 3.05) is 29.0 Å². The van der Waals surface area contributed by atoms with Crippen molar-refractivity contribution >= 4 is 23.0 Å². The van der Waals surface area contributed by atoms with E-state index in [1.807, 2.05) is 12.1 Å². The Labute approximate surface area is 119 Å². The van der Waals surface area contributed by atoms with Crippen LogP contribution in [0, 0.1) is 6.92 Å². The van der Waals surface area contributed by atoms with Gasteiger partial charge in [-0.3, -0.25) is 0 Å². The lowest BCUT2D eigenvalue weighted by Gasteiger charge is -2.22. The highest BCUT2D eigenvalue weighted by molar-refractivity contribution is 5.78. The molecule has 0 saturated heterocycles. The predicted octanol–water partition coefficient (Wildman–Crippen LogP) is 2.96. The average Bonchev–Trinajstić information content (AvgIpc) is 2.44. The number of nitrogens with two attached hydrogens (primary N) is 1. The maximum absolute atomic E-state index is 6.19. The monoisotopic (exact) mass is 271 g/mol. The molecular weight excluding hydrogens is 250 g/mol. The first-order chi connectivity index (χ1) is 9.65. The van der Waals surface area contributed by atoms with Crippen LogP contribution >= 0.6 is 0 Å². The summed E-state index contributed by atoms with van der Waals surface area (Å²) in [5, 5.41) is 3.25. The molecule has 106 valence electrons. The molecule has 0 aliphatic heterocycles. The van der Waals surface area contributed by atoms with Gasteiger partial charge < -0.3 is 16.0 Å². The fourth-order valence-electron chi connectivity index (χ4n) is 2.12. The Kier molecular flexibility index (Phi) is 4.40. The van der Waals surface area contributed by atoms with Crippen molar-refractivity contribution in [2.24, 2.45) is 0 Å². The molecule has 0 aliphatic rings. The van der Waals surface area contributed by atoms with Crippen molar-refractivity contribution in [1.29, 1.82) is 0 Å². The highest BCUT2D eigenvalue weighted by Gasteiger charge is 2.12. The van der Waals surface area contributed by atoms with Gasteiger partial charge in [0.05, 0.1) is 0 Å². The quantitative estimate of drug-likeness (QED) is 0.875. The van der Waals surface area contributed by atoms with Gasteiger partial charge in [0.25, 0.3) is 0 Å². The van der Waals surface area contributed by atoms with E-state index in [1.165, 1.54) is 5.56 Å². The summed E-state index contributed by atoms with van der Waals surface area (Å²) in [5.41, 5.74) is 8.93. The average molecular weight is 271 g/mol. The number of benzene rings is 1. The summed E-state index contributed by atoms with van der Waals surface area (Å²) in [6.07, 6.45) is 1.54. The molecule has 0 aliphatic carbocycles. The van der Waals surface area contributed by atoms with Crippen LogP contribution in [0.2, 0.25) is 0 Å². The summed E-state index contributed by atoms with van der Waals surface area (Å²) in [7, 11) is 0. The molecule has 0 radical (unpaired) electrons. The zero-order chi connectivity index (χ0) is 14.5. The lowest BCUT2D eigenvalue weighted by atomic mass is 10.2. The molecule has 1 aromatic heterocycles. The normalized spacial score (nSPS) is 10.3. The van der Waals surface area contributed by atoms with Gasteiger partial charge in [0.2, 0.25) is 0 Å². The van der Waals surface area contributed by atoms with Gasteiger partial charge in [-0.1, -0.05) is 12.1 Å². The number of aromatic nitrogens is 2. The van der Waals surface area contributed by atoms with Crippen LogP contribution in [0.4, 0.5) is 23.0 Å². The molecule has 0 spiro atoms. The Morgan fingerprint density at radius 3 is 2.60 bits per heavy atom. The number of rotatable bonds is 5. The van der Waals surface area contributed by atoms with Crippen LogP contribution in [0.5, 0.6) is 0 Å². The number of nitrogen functional groups attached to an aromatic ring is 1. The fraction of sp³-hybridized carbons (Fsp3) is 0.333. The molecule has 0 unspecified atom stereocenters. The largest absolute Gasteiger partial charge is 0.393 e. The topological polar surface area (TPSA) is 67.1 Å². The summed E-state index contributed by atoms with van der Waals surface area (Å²) in [6, 6.07) is 8.10. The maximum atomic E-state index is 6.19. The SMILES string of the molecule is CCN(CC)c1ncnc(Nc2cccc(C)c2)c1N. The molecule has 0 atom stereocenters.